The highest BCUT2D eigenvalue weighted by Gasteiger charge is 2.21. The zero-order chi connectivity index (χ0) is 20.2. The molecule has 148 valence electrons. The molecule has 0 spiro atoms. The molecule has 0 aliphatic heterocycles. The molecule has 1 unspecified atom stereocenters. The van der Waals surface area contributed by atoms with Gasteiger partial charge in [0.15, 0.2) is 0 Å². The molecule has 0 saturated carbocycles. The number of fused-ring (bicyclic) bond motifs is 1. The molecular formula is C21H21N5OS2. The fourth-order valence-electron chi connectivity index (χ4n) is 3.18. The molecule has 0 bridgehead atoms. The quantitative estimate of drug-likeness (QED) is 0.440. The van der Waals surface area contributed by atoms with E-state index < -0.39 is 0 Å². The summed E-state index contributed by atoms with van der Waals surface area (Å²) >= 11 is 3.12. The number of thiophene rings is 2. The average Bonchev–Trinajstić information content (AvgIpc) is 3.40. The summed E-state index contributed by atoms with van der Waals surface area (Å²) in [6, 6.07) is 10.0. The van der Waals surface area contributed by atoms with Crippen LogP contribution in [0.1, 0.15) is 45.2 Å². The molecule has 8 heteroatoms. The Morgan fingerprint density at radius 1 is 1.17 bits per heavy atom. The lowest BCUT2D eigenvalue weighted by atomic mass is 10.1. The molecule has 0 aliphatic rings. The Bertz CT molecular complexity index is 1110. The Morgan fingerprint density at radius 2 is 2.07 bits per heavy atom. The normalized spacial score (nSPS) is 12.1. The number of aromatic nitrogens is 3. The van der Waals surface area contributed by atoms with Crippen molar-refractivity contribution in [2.75, 3.05) is 5.32 Å². The zero-order valence-electron chi connectivity index (χ0n) is 16.2. The van der Waals surface area contributed by atoms with E-state index in [-0.39, 0.29) is 11.9 Å². The third kappa shape index (κ3) is 4.13. The number of nitrogens with zero attached hydrogens (tertiary/aromatic N) is 3. The van der Waals surface area contributed by atoms with Crippen LogP contribution < -0.4 is 10.6 Å². The van der Waals surface area contributed by atoms with Crippen molar-refractivity contribution in [1.82, 2.24) is 20.3 Å². The van der Waals surface area contributed by atoms with Crippen LogP contribution in [0.3, 0.4) is 0 Å². The number of anilines is 1. The molecule has 0 aromatic carbocycles. The summed E-state index contributed by atoms with van der Waals surface area (Å²) in [7, 11) is 0. The number of nitrogens with one attached hydrogen (secondary N) is 2. The molecule has 1 amide bonds. The van der Waals surface area contributed by atoms with Crippen molar-refractivity contribution in [2.24, 2.45) is 0 Å². The van der Waals surface area contributed by atoms with Gasteiger partial charge in [-0.15, -0.1) is 22.7 Å². The number of carbonyl (C=O) groups excluding carboxylic acids is 1. The fraction of sp³-hybridized carbons (Fsp3) is 0.238. The van der Waals surface area contributed by atoms with Gasteiger partial charge in [0.25, 0.3) is 5.91 Å². The molecule has 0 radical (unpaired) electrons. The number of aryl methyl sites for hydroxylation is 1. The Labute approximate surface area is 177 Å². The van der Waals surface area contributed by atoms with E-state index in [9.17, 15) is 4.79 Å². The van der Waals surface area contributed by atoms with Crippen LogP contribution in [0.15, 0.2) is 48.2 Å². The van der Waals surface area contributed by atoms with E-state index in [1.807, 2.05) is 25.1 Å². The van der Waals surface area contributed by atoms with Crippen molar-refractivity contribution < 1.29 is 4.79 Å². The summed E-state index contributed by atoms with van der Waals surface area (Å²) in [6.07, 6.45) is 4.21. The summed E-state index contributed by atoms with van der Waals surface area (Å²) < 4.78 is 0. The molecule has 6 nitrogen and oxygen atoms in total. The molecule has 29 heavy (non-hydrogen) atoms. The van der Waals surface area contributed by atoms with Crippen molar-refractivity contribution in [2.45, 2.75) is 32.9 Å². The topological polar surface area (TPSA) is 79.8 Å². The van der Waals surface area contributed by atoms with Crippen LogP contribution in [0, 0.1) is 6.92 Å². The monoisotopic (exact) mass is 423 g/mol. The smallest absolute Gasteiger partial charge is 0.262 e. The standard InChI is InChI=1S/C21H21N5OS2/c1-3-15(16-8-6-10-28-16)26-19-17-13(2)18(29-21(17)25-12-24-19)20(27)23-11-14-7-4-5-9-22-14/h4-10,12,15H,3,11H2,1-2H3,(H,23,27)(H,24,25,26). The van der Waals surface area contributed by atoms with Gasteiger partial charge in [-0.1, -0.05) is 19.1 Å². The number of hydrogen-bond donors (Lipinski definition) is 2. The van der Waals surface area contributed by atoms with Crippen LogP contribution in [-0.2, 0) is 6.54 Å². The Morgan fingerprint density at radius 3 is 2.79 bits per heavy atom. The van der Waals surface area contributed by atoms with Crippen LogP contribution in [0.5, 0.6) is 0 Å². The van der Waals surface area contributed by atoms with Gasteiger partial charge in [0.05, 0.1) is 28.5 Å². The lowest BCUT2D eigenvalue weighted by Gasteiger charge is -2.16. The number of rotatable bonds is 7. The first kappa shape index (κ1) is 19.5. The molecular weight excluding hydrogens is 402 g/mol. The highest BCUT2D eigenvalue weighted by Crippen LogP contribution is 2.35. The van der Waals surface area contributed by atoms with Crippen molar-refractivity contribution in [3.8, 4) is 0 Å². The first-order chi connectivity index (χ1) is 14.2. The summed E-state index contributed by atoms with van der Waals surface area (Å²) in [4.78, 5) is 28.6. The molecule has 4 rings (SSSR count). The minimum Gasteiger partial charge on any atom is -0.362 e. The second-order valence-electron chi connectivity index (χ2n) is 6.58. The second-order valence-corrected chi connectivity index (χ2v) is 8.56. The van der Waals surface area contributed by atoms with Gasteiger partial charge in [-0.05, 0) is 42.5 Å². The van der Waals surface area contributed by atoms with Crippen molar-refractivity contribution in [1.29, 1.82) is 0 Å². The average molecular weight is 424 g/mol. The largest absolute Gasteiger partial charge is 0.362 e. The predicted molar refractivity (Wildman–Crippen MR) is 119 cm³/mol. The van der Waals surface area contributed by atoms with E-state index in [1.165, 1.54) is 16.2 Å². The van der Waals surface area contributed by atoms with Crippen molar-refractivity contribution >= 4 is 44.6 Å². The molecule has 0 aliphatic carbocycles. The molecule has 4 aromatic rings. The fourth-order valence-corrected chi connectivity index (χ4v) is 5.11. The summed E-state index contributed by atoms with van der Waals surface area (Å²) in [5.41, 5.74) is 1.72. The van der Waals surface area contributed by atoms with Crippen LogP contribution in [0.4, 0.5) is 5.82 Å². The van der Waals surface area contributed by atoms with Crippen LogP contribution >= 0.6 is 22.7 Å². The highest BCUT2D eigenvalue weighted by atomic mass is 32.1. The van der Waals surface area contributed by atoms with Crippen molar-refractivity contribution in [3.05, 3.63) is 69.2 Å². The maximum Gasteiger partial charge on any atom is 0.262 e. The zero-order valence-corrected chi connectivity index (χ0v) is 17.8. The van der Waals surface area contributed by atoms with Gasteiger partial charge in [0.1, 0.15) is 17.0 Å². The Hall–Kier alpha value is -2.84. The number of amides is 1. The third-order valence-corrected chi connectivity index (χ3v) is 6.88. The van der Waals surface area contributed by atoms with E-state index in [4.69, 9.17) is 0 Å². The minimum absolute atomic E-state index is 0.118. The van der Waals surface area contributed by atoms with Crippen LogP contribution in [-0.4, -0.2) is 20.9 Å². The van der Waals surface area contributed by atoms with Gasteiger partial charge in [0.2, 0.25) is 0 Å². The van der Waals surface area contributed by atoms with Gasteiger partial charge in [-0.25, -0.2) is 9.97 Å². The molecule has 1 atom stereocenters. The van der Waals surface area contributed by atoms with Gasteiger partial charge in [-0.2, -0.15) is 0 Å². The molecule has 4 heterocycles. The van der Waals surface area contributed by atoms with Gasteiger partial charge in [0, 0.05) is 11.1 Å². The van der Waals surface area contributed by atoms with Crippen LogP contribution in [0.25, 0.3) is 10.2 Å². The maximum absolute atomic E-state index is 12.8. The number of carbonyl (C=O) groups is 1. The van der Waals surface area contributed by atoms with Gasteiger partial charge >= 0.3 is 0 Å². The SMILES string of the molecule is CCC(Nc1ncnc2sc(C(=O)NCc3ccccn3)c(C)c12)c1cccs1. The predicted octanol–water partition coefficient (Wildman–Crippen LogP) is 4.95. The van der Waals surface area contributed by atoms with E-state index in [1.54, 1.807) is 23.9 Å². The minimum atomic E-state index is -0.118. The van der Waals surface area contributed by atoms with Gasteiger partial charge < -0.3 is 10.6 Å². The number of hydrogen-bond acceptors (Lipinski definition) is 7. The van der Waals surface area contributed by atoms with E-state index in [2.05, 4.69) is 50.0 Å². The maximum atomic E-state index is 12.8. The number of pyridine rings is 1. The molecule has 0 saturated heterocycles. The first-order valence-corrected chi connectivity index (χ1v) is 11.1. The van der Waals surface area contributed by atoms with E-state index in [0.717, 1.165) is 33.7 Å². The van der Waals surface area contributed by atoms with Crippen molar-refractivity contribution in [3.63, 3.8) is 0 Å². The summed E-state index contributed by atoms with van der Waals surface area (Å²) in [5, 5.41) is 9.49. The molecule has 4 aromatic heterocycles. The molecule has 0 fully saturated rings. The first-order valence-electron chi connectivity index (χ1n) is 9.39. The lowest BCUT2D eigenvalue weighted by molar-refractivity contribution is 0.0954. The molecule has 2 N–H and O–H groups in total. The van der Waals surface area contributed by atoms with E-state index in [0.29, 0.717) is 11.4 Å². The van der Waals surface area contributed by atoms with Crippen LogP contribution in [0.2, 0.25) is 0 Å². The van der Waals surface area contributed by atoms with E-state index >= 15 is 0 Å². The van der Waals surface area contributed by atoms with Gasteiger partial charge in [-0.3, -0.25) is 9.78 Å². The third-order valence-electron chi connectivity index (χ3n) is 4.70. The second kappa shape index (κ2) is 8.67. The summed E-state index contributed by atoms with van der Waals surface area (Å²) in [6.45, 7) is 4.49. The lowest BCUT2D eigenvalue weighted by Crippen LogP contribution is -2.23. The Kier molecular flexibility index (Phi) is 5.82. The summed E-state index contributed by atoms with van der Waals surface area (Å²) in [5.74, 6) is 0.653. The Balaban J connectivity index is 1.60. The highest BCUT2D eigenvalue weighted by molar-refractivity contribution is 7.20.